The fourth-order valence-electron chi connectivity index (χ4n) is 0.913. The number of rotatable bonds is 5. The summed E-state index contributed by atoms with van der Waals surface area (Å²) in [6.07, 6.45) is 2.98. The Balaban J connectivity index is 2.51. The molecule has 0 atom stereocenters. The summed E-state index contributed by atoms with van der Waals surface area (Å²) in [5.74, 6) is 0.686. The minimum absolute atomic E-state index is 0.0885. The van der Waals surface area contributed by atoms with Crippen LogP contribution in [0.1, 0.15) is 0 Å². The Hall–Kier alpha value is -0.330. The van der Waals surface area contributed by atoms with E-state index in [0.717, 1.165) is 0 Å². The van der Waals surface area contributed by atoms with Gasteiger partial charge in [-0.1, -0.05) is 0 Å². The van der Waals surface area contributed by atoms with Gasteiger partial charge in [0.15, 0.2) is 0 Å². The van der Waals surface area contributed by atoms with Crippen LogP contribution in [0.15, 0.2) is 21.8 Å². The lowest BCUT2D eigenvalue weighted by atomic mass is 10.6. The molecule has 1 aromatic heterocycles. The van der Waals surface area contributed by atoms with E-state index < -0.39 is 0 Å². The van der Waals surface area contributed by atoms with Crippen LogP contribution in [-0.2, 0) is 11.3 Å². The number of halogens is 1. The molecule has 0 N–H and O–H groups in total. The lowest BCUT2D eigenvalue weighted by Gasteiger charge is -2.05. The van der Waals surface area contributed by atoms with Gasteiger partial charge in [0, 0.05) is 11.9 Å². The third-order valence-corrected chi connectivity index (χ3v) is 2.30. The Morgan fingerprint density at radius 1 is 1.57 bits per heavy atom. The summed E-state index contributed by atoms with van der Waals surface area (Å²) in [6.45, 7) is 1.61. The highest BCUT2D eigenvalue weighted by atomic mass is 79.9. The van der Waals surface area contributed by atoms with Crippen LogP contribution in [-0.4, -0.2) is 28.5 Å². The molecule has 0 saturated heterocycles. The van der Waals surface area contributed by atoms with Crippen molar-refractivity contribution in [2.45, 2.75) is 6.54 Å². The molecule has 78 valence electrons. The van der Waals surface area contributed by atoms with Crippen LogP contribution in [0, 0.1) is 0 Å². The molecule has 1 rings (SSSR count). The highest BCUT2D eigenvalue weighted by Gasteiger charge is 1.99. The lowest BCUT2D eigenvalue weighted by molar-refractivity contribution is 0.140. The van der Waals surface area contributed by atoms with Crippen molar-refractivity contribution in [3.05, 3.63) is 27.4 Å². The molecule has 4 nitrogen and oxygen atoms in total. The van der Waals surface area contributed by atoms with Crippen molar-refractivity contribution in [1.82, 2.24) is 9.55 Å². The van der Waals surface area contributed by atoms with Crippen molar-refractivity contribution in [3.8, 4) is 0 Å². The first kappa shape index (κ1) is 11.7. The summed E-state index contributed by atoms with van der Waals surface area (Å²) < 4.78 is 7.17. The van der Waals surface area contributed by atoms with Gasteiger partial charge in [0.2, 0.25) is 0 Å². The van der Waals surface area contributed by atoms with Gasteiger partial charge < -0.3 is 4.74 Å². The Morgan fingerprint density at radius 2 is 2.36 bits per heavy atom. The number of hydrogen-bond acceptors (Lipinski definition) is 4. The largest absolute Gasteiger partial charge is 0.379 e. The molecule has 0 aromatic carbocycles. The molecule has 0 amide bonds. The van der Waals surface area contributed by atoms with E-state index in [1.165, 1.54) is 17.1 Å². The molecule has 1 heterocycles. The average molecular weight is 279 g/mol. The topological polar surface area (TPSA) is 44.1 Å². The Labute approximate surface area is 95.8 Å². The second-order valence-electron chi connectivity index (χ2n) is 2.58. The molecule has 1 aromatic rings. The molecule has 0 radical (unpaired) electrons. The minimum atomic E-state index is -0.0885. The Kier molecular flexibility index (Phi) is 5.21. The first-order valence-corrected chi connectivity index (χ1v) is 5.57. The van der Waals surface area contributed by atoms with E-state index in [-0.39, 0.29) is 5.56 Å². The molecule has 0 bridgehead atoms. The van der Waals surface area contributed by atoms with Crippen LogP contribution < -0.4 is 5.56 Å². The van der Waals surface area contributed by atoms with Gasteiger partial charge in [-0.2, -0.15) is 12.6 Å². The first-order chi connectivity index (χ1) is 6.75. The zero-order chi connectivity index (χ0) is 10.4. The fourth-order valence-corrected chi connectivity index (χ4v) is 1.39. The van der Waals surface area contributed by atoms with Crippen molar-refractivity contribution in [2.24, 2.45) is 0 Å². The van der Waals surface area contributed by atoms with Gasteiger partial charge in [0.1, 0.15) is 4.47 Å². The molecule has 0 unspecified atom stereocenters. The van der Waals surface area contributed by atoms with Crippen LogP contribution in [0.3, 0.4) is 0 Å². The smallest absolute Gasteiger partial charge is 0.267 e. The van der Waals surface area contributed by atoms with Crippen molar-refractivity contribution >= 4 is 28.6 Å². The monoisotopic (exact) mass is 278 g/mol. The van der Waals surface area contributed by atoms with E-state index in [1.54, 1.807) is 0 Å². The standard InChI is InChI=1S/C8H11BrN2O2S/c9-7-5-10-6-11(8(7)12)1-2-13-3-4-14/h5-6,14H,1-4H2. The number of ether oxygens (including phenoxy) is 1. The summed E-state index contributed by atoms with van der Waals surface area (Å²) in [7, 11) is 0. The molecule has 0 aliphatic carbocycles. The van der Waals surface area contributed by atoms with Gasteiger partial charge in [-0.25, -0.2) is 4.98 Å². The van der Waals surface area contributed by atoms with Gasteiger partial charge >= 0.3 is 0 Å². The van der Waals surface area contributed by atoms with Gasteiger partial charge in [0.25, 0.3) is 5.56 Å². The molecular weight excluding hydrogens is 268 g/mol. The molecular formula is C8H11BrN2O2S. The lowest BCUT2D eigenvalue weighted by Crippen LogP contribution is -2.23. The van der Waals surface area contributed by atoms with E-state index in [1.807, 2.05) is 0 Å². The SMILES string of the molecule is O=c1c(Br)cncn1CCOCCS. The van der Waals surface area contributed by atoms with Crippen molar-refractivity contribution in [3.63, 3.8) is 0 Å². The zero-order valence-electron chi connectivity index (χ0n) is 7.52. The van der Waals surface area contributed by atoms with Crippen molar-refractivity contribution < 1.29 is 4.74 Å². The van der Waals surface area contributed by atoms with Crippen LogP contribution in [0.4, 0.5) is 0 Å². The summed E-state index contributed by atoms with van der Waals surface area (Å²) in [5, 5.41) is 0. The quantitative estimate of drug-likeness (QED) is 0.645. The third kappa shape index (κ3) is 3.43. The summed E-state index contributed by atoms with van der Waals surface area (Å²) in [5.41, 5.74) is -0.0885. The van der Waals surface area contributed by atoms with Crippen molar-refractivity contribution in [1.29, 1.82) is 0 Å². The van der Waals surface area contributed by atoms with Gasteiger partial charge in [-0.05, 0) is 15.9 Å². The molecule has 0 fully saturated rings. The molecule has 0 spiro atoms. The maximum Gasteiger partial charge on any atom is 0.267 e. The van der Waals surface area contributed by atoms with E-state index in [0.29, 0.717) is 30.0 Å². The Morgan fingerprint density at radius 3 is 3.07 bits per heavy atom. The van der Waals surface area contributed by atoms with Gasteiger partial charge in [-0.3, -0.25) is 9.36 Å². The second kappa shape index (κ2) is 6.21. The summed E-state index contributed by atoms with van der Waals surface area (Å²) in [4.78, 5) is 15.3. The zero-order valence-corrected chi connectivity index (χ0v) is 10.00. The van der Waals surface area contributed by atoms with E-state index in [2.05, 4.69) is 33.5 Å². The Bertz CT molecular complexity index is 342. The van der Waals surface area contributed by atoms with E-state index in [4.69, 9.17) is 4.74 Å². The highest BCUT2D eigenvalue weighted by Crippen LogP contribution is 1.97. The number of aromatic nitrogens is 2. The molecule has 0 aliphatic heterocycles. The van der Waals surface area contributed by atoms with Crippen LogP contribution in [0.5, 0.6) is 0 Å². The van der Waals surface area contributed by atoms with Gasteiger partial charge in [0.05, 0.1) is 26.1 Å². The minimum Gasteiger partial charge on any atom is -0.379 e. The van der Waals surface area contributed by atoms with Crippen LogP contribution >= 0.6 is 28.6 Å². The van der Waals surface area contributed by atoms with Crippen LogP contribution in [0.25, 0.3) is 0 Å². The predicted molar refractivity (Wildman–Crippen MR) is 60.9 cm³/mol. The number of hydrogen-bond donors (Lipinski definition) is 1. The maximum absolute atomic E-state index is 11.4. The predicted octanol–water partition coefficient (Wildman–Crippen LogP) is 0.952. The normalized spacial score (nSPS) is 10.4. The third-order valence-electron chi connectivity index (χ3n) is 1.57. The second-order valence-corrected chi connectivity index (χ2v) is 3.88. The first-order valence-electron chi connectivity index (χ1n) is 4.14. The summed E-state index contributed by atoms with van der Waals surface area (Å²) >= 11 is 7.12. The van der Waals surface area contributed by atoms with Gasteiger partial charge in [-0.15, -0.1) is 0 Å². The molecule has 14 heavy (non-hydrogen) atoms. The molecule has 0 aliphatic rings. The fraction of sp³-hybridized carbons (Fsp3) is 0.500. The molecule has 0 saturated carbocycles. The number of nitrogens with zero attached hydrogens (tertiary/aromatic N) is 2. The summed E-state index contributed by atoms with van der Waals surface area (Å²) in [6, 6.07) is 0. The van der Waals surface area contributed by atoms with Crippen molar-refractivity contribution in [2.75, 3.05) is 19.0 Å². The maximum atomic E-state index is 11.4. The van der Waals surface area contributed by atoms with Crippen LogP contribution in [0.2, 0.25) is 0 Å². The van der Waals surface area contributed by atoms with E-state index in [9.17, 15) is 4.79 Å². The average Bonchev–Trinajstić information content (AvgIpc) is 2.19. The van der Waals surface area contributed by atoms with E-state index >= 15 is 0 Å². The molecule has 6 heteroatoms. The highest BCUT2D eigenvalue weighted by molar-refractivity contribution is 9.10. The number of thiol groups is 1.